The van der Waals surface area contributed by atoms with Gasteiger partial charge in [-0.1, -0.05) is 75.3 Å². The first kappa shape index (κ1) is 27.6. The summed E-state index contributed by atoms with van der Waals surface area (Å²) in [6.45, 7) is 0.287. The lowest BCUT2D eigenvalue weighted by molar-refractivity contribution is -0.432. The molecule has 3 rings (SSSR count). The third kappa shape index (κ3) is 8.30. The maximum Gasteiger partial charge on any atom is 0.341 e. The molecule has 0 amide bonds. The monoisotopic (exact) mass is 513 g/mol. The first-order valence-corrected chi connectivity index (χ1v) is 13.4. The van der Waals surface area contributed by atoms with Crippen LogP contribution >= 0.6 is 12.0 Å². The Morgan fingerprint density at radius 1 is 0.971 bits per heavy atom. The van der Waals surface area contributed by atoms with Crippen molar-refractivity contribution in [2.75, 3.05) is 13.2 Å². The average molecular weight is 514 g/mol. The van der Waals surface area contributed by atoms with Crippen LogP contribution in [-0.4, -0.2) is 40.6 Å². The quantitative estimate of drug-likeness (QED) is 0.122. The van der Waals surface area contributed by atoms with Gasteiger partial charge >= 0.3 is 11.9 Å². The molecule has 0 aliphatic heterocycles. The van der Waals surface area contributed by atoms with E-state index in [4.69, 9.17) is 14.7 Å². The van der Waals surface area contributed by atoms with E-state index in [-0.39, 0.29) is 18.8 Å². The lowest BCUT2D eigenvalue weighted by atomic mass is 9.87. The van der Waals surface area contributed by atoms with Crippen LogP contribution in [0.4, 0.5) is 0 Å². The van der Waals surface area contributed by atoms with Crippen LogP contribution in [0.2, 0.25) is 0 Å². The molecule has 0 aromatic rings. The molecule has 0 heterocycles. The normalized spacial score (nSPS) is 23.8. The molecule has 2 atom stereocenters. The average Bonchev–Trinajstić information content (AvgIpc) is 2.87. The van der Waals surface area contributed by atoms with Crippen molar-refractivity contribution < 1.29 is 38.6 Å². The Labute approximate surface area is 209 Å². The van der Waals surface area contributed by atoms with Crippen LogP contribution in [0.15, 0.2) is 23.4 Å². The molecular formula is C24H35NO9S. The van der Waals surface area contributed by atoms with Crippen molar-refractivity contribution in [3.05, 3.63) is 33.5 Å². The molecular weight excluding hydrogens is 478 g/mol. The van der Waals surface area contributed by atoms with Gasteiger partial charge in [-0.2, -0.15) is 0 Å². The van der Waals surface area contributed by atoms with E-state index in [0.29, 0.717) is 36.7 Å². The minimum absolute atomic E-state index is 0.124. The third-order valence-electron chi connectivity index (χ3n) is 7.19. The highest BCUT2D eigenvalue weighted by Gasteiger charge is 2.45. The summed E-state index contributed by atoms with van der Waals surface area (Å²) < 4.78 is 15.4. The Kier molecular flexibility index (Phi) is 11.5. The number of nitrogens with zero attached hydrogens (tertiary/aromatic N) is 1. The smallest absolute Gasteiger partial charge is 0.341 e. The number of ether oxygens (including phenoxy) is 2. The Hall–Kier alpha value is -1.95. The number of carbonyl (C=O) groups excluding carboxylic acids is 2. The zero-order valence-electron chi connectivity index (χ0n) is 19.9. The predicted octanol–water partition coefficient (Wildman–Crippen LogP) is 5.17. The Morgan fingerprint density at radius 2 is 1.54 bits per heavy atom. The first-order chi connectivity index (χ1) is 17.0. The molecule has 11 heteroatoms. The summed E-state index contributed by atoms with van der Waals surface area (Å²) in [6.07, 6.45) is 15.3. The molecule has 0 radical (unpaired) electrons. The van der Waals surface area contributed by atoms with Gasteiger partial charge in [-0.15, -0.1) is 4.33 Å². The lowest BCUT2D eigenvalue weighted by Crippen LogP contribution is -2.36. The molecule has 1 N–H and O–H groups in total. The van der Waals surface area contributed by atoms with E-state index in [1.165, 1.54) is 18.9 Å². The second-order valence-corrected chi connectivity index (χ2v) is 10.4. The highest BCUT2D eigenvalue weighted by molar-refractivity contribution is 7.95. The van der Waals surface area contributed by atoms with Crippen molar-refractivity contribution in [2.24, 2.45) is 17.8 Å². The number of esters is 2. The van der Waals surface area contributed by atoms with Crippen molar-refractivity contribution in [2.45, 2.75) is 82.3 Å². The summed E-state index contributed by atoms with van der Waals surface area (Å²) in [5, 5.41) is 23.1. The molecule has 3 aliphatic carbocycles. The predicted molar refractivity (Wildman–Crippen MR) is 127 cm³/mol. The van der Waals surface area contributed by atoms with Crippen LogP contribution in [-0.2, 0) is 28.4 Å². The fraction of sp³-hybridized carbons (Fsp3) is 0.750. The van der Waals surface area contributed by atoms with Crippen LogP contribution < -0.4 is 0 Å². The third-order valence-corrected chi connectivity index (χ3v) is 7.98. The van der Waals surface area contributed by atoms with E-state index in [1.54, 1.807) is 0 Å². The van der Waals surface area contributed by atoms with Crippen LogP contribution in [0.5, 0.6) is 0 Å². The SMILES string of the molecule is O=C(OCCC1CCCCC1)C1=C([N+](=O)[O-])C=CC(SOOO)C1C(=O)OCCC1CCCCC1. The van der Waals surface area contributed by atoms with Gasteiger partial charge in [-0.05, 0) is 24.7 Å². The number of nitro groups is 1. The van der Waals surface area contributed by atoms with E-state index in [9.17, 15) is 19.7 Å². The van der Waals surface area contributed by atoms with Crippen LogP contribution in [0, 0.1) is 27.9 Å². The summed E-state index contributed by atoms with van der Waals surface area (Å²) in [5.74, 6) is -2.09. The van der Waals surface area contributed by atoms with Crippen molar-refractivity contribution >= 4 is 24.0 Å². The van der Waals surface area contributed by atoms with E-state index < -0.39 is 33.7 Å². The number of allylic oxidation sites excluding steroid dienone is 1. The Bertz CT molecular complexity index is 788. The van der Waals surface area contributed by atoms with E-state index in [2.05, 4.69) is 9.37 Å². The maximum atomic E-state index is 13.1. The van der Waals surface area contributed by atoms with Crippen molar-refractivity contribution in [3.63, 3.8) is 0 Å². The van der Waals surface area contributed by atoms with Gasteiger partial charge in [0.05, 0.1) is 23.4 Å². The fourth-order valence-corrected chi connectivity index (χ4v) is 5.89. The molecule has 0 saturated heterocycles. The second-order valence-electron chi connectivity index (χ2n) is 9.49. The molecule has 2 unspecified atom stereocenters. The molecule has 0 aromatic heterocycles. The van der Waals surface area contributed by atoms with Gasteiger partial charge < -0.3 is 9.47 Å². The standard InChI is InChI=1S/C24H35NO9S/c26-23(31-15-13-17-7-3-1-4-8-17)21-19(25(28)29)11-12-20(35-34-33-30)22(21)24(27)32-16-14-18-9-5-2-6-10-18/h11-12,17-18,20,22,30H,1-10,13-16H2. The zero-order valence-corrected chi connectivity index (χ0v) is 20.7. The van der Waals surface area contributed by atoms with Gasteiger partial charge in [-0.3, -0.25) is 14.9 Å². The summed E-state index contributed by atoms with van der Waals surface area (Å²) in [6, 6.07) is 0. The van der Waals surface area contributed by atoms with Gasteiger partial charge in [0.2, 0.25) is 0 Å². The molecule has 10 nitrogen and oxygen atoms in total. The van der Waals surface area contributed by atoms with Crippen molar-refractivity contribution in [1.29, 1.82) is 0 Å². The maximum absolute atomic E-state index is 13.1. The van der Waals surface area contributed by atoms with E-state index in [1.807, 2.05) is 0 Å². The Morgan fingerprint density at radius 3 is 2.09 bits per heavy atom. The fourth-order valence-electron chi connectivity index (χ4n) is 5.27. The molecule has 0 spiro atoms. The van der Waals surface area contributed by atoms with Gasteiger partial charge in [-0.25, -0.2) is 10.1 Å². The van der Waals surface area contributed by atoms with Gasteiger partial charge in [0.1, 0.15) is 11.5 Å². The minimum atomic E-state index is -1.34. The number of carbonyl (C=O) groups is 2. The van der Waals surface area contributed by atoms with Crippen LogP contribution in [0.1, 0.15) is 77.0 Å². The summed E-state index contributed by atoms with van der Waals surface area (Å²) in [5.41, 5.74) is -0.883. The molecule has 196 valence electrons. The second kappa shape index (κ2) is 14.6. The van der Waals surface area contributed by atoms with Gasteiger partial charge in [0.15, 0.2) is 0 Å². The van der Waals surface area contributed by atoms with Crippen molar-refractivity contribution in [1.82, 2.24) is 0 Å². The summed E-state index contributed by atoms with van der Waals surface area (Å²) in [4.78, 5) is 37.2. The van der Waals surface area contributed by atoms with E-state index in [0.717, 1.165) is 57.4 Å². The molecule has 0 aromatic carbocycles. The summed E-state index contributed by atoms with van der Waals surface area (Å²) in [7, 11) is 0. The number of rotatable bonds is 12. The van der Waals surface area contributed by atoms with Crippen molar-refractivity contribution in [3.8, 4) is 0 Å². The zero-order chi connectivity index (χ0) is 25.0. The molecule has 2 fully saturated rings. The first-order valence-electron chi connectivity index (χ1n) is 12.5. The highest BCUT2D eigenvalue weighted by Crippen LogP contribution is 2.36. The van der Waals surface area contributed by atoms with E-state index >= 15 is 0 Å². The molecule has 2 saturated carbocycles. The summed E-state index contributed by atoms with van der Waals surface area (Å²) >= 11 is 0.552. The minimum Gasteiger partial charge on any atom is -0.465 e. The largest absolute Gasteiger partial charge is 0.465 e. The molecule has 0 bridgehead atoms. The number of hydrogen-bond donors (Lipinski definition) is 1. The van der Waals surface area contributed by atoms with Crippen LogP contribution in [0.25, 0.3) is 0 Å². The number of hydrogen-bond acceptors (Lipinski definition) is 10. The highest BCUT2D eigenvalue weighted by atomic mass is 32.2. The topological polar surface area (TPSA) is 134 Å². The van der Waals surface area contributed by atoms with Gasteiger partial charge in [0.25, 0.3) is 5.70 Å². The molecule has 3 aliphatic rings. The lowest BCUT2D eigenvalue weighted by Gasteiger charge is -2.26. The van der Waals surface area contributed by atoms with Crippen LogP contribution in [0.3, 0.4) is 0 Å². The van der Waals surface area contributed by atoms with Gasteiger partial charge in [0, 0.05) is 18.1 Å². The molecule has 35 heavy (non-hydrogen) atoms. The Balaban J connectivity index is 1.70.